The Morgan fingerprint density at radius 1 is 1.31 bits per heavy atom. The van der Waals surface area contributed by atoms with Crippen LogP contribution in [-0.4, -0.2) is 14.2 Å². The summed E-state index contributed by atoms with van der Waals surface area (Å²) in [4.78, 5) is 0.232. The van der Waals surface area contributed by atoms with Crippen molar-refractivity contribution in [2.24, 2.45) is 0 Å². The van der Waals surface area contributed by atoms with Crippen molar-refractivity contribution < 1.29 is 8.42 Å². The molecule has 0 N–H and O–H groups in total. The van der Waals surface area contributed by atoms with Crippen LogP contribution in [0.15, 0.2) is 22.6 Å². The highest BCUT2D eigenvalue weighted by molar-refractivity contribution is 7.95. The third kappa shape index (κ3) is 4.48. The molecule has 0 spiro atoms. The predicted molar refractivity (Wildman–Crippen MR) is 52.6 cm³/mol. The lowest BCUT2D eigenvalue weighted by atomic mass is 10.3. The van der Waals surface area contributed by atoms with Crippen LogP contribution in [0.1, 0.15) is 20.8 Å². The van der Waals surface area contributed by atoms with Gasteiger partial charge in [0, 0.05) is 4.91 Å². The molecule has 0 unspecified atom stereocenters. The van der Waals surface area contributed by atoms with Crippen LogP contribution in [-0.2, 0) is 9.84 Å². The summed E-state index contributed by atoms with van der Waals surface area (Å²) in [7, 11) is -3.35. The molecule has 0 saturated heterocycles. The van der Waals surface area contributed by atoms with Crippen LogP contribution < -0.4 is 0 Å². The monoisotopic (exact) mass is 199 g/mol. The molecule has 4 heteroatoms. The maximum Gasteiger partial charge on any atom is 0.187 e. The van der Waals surface area contributed by atoms with E-state index in [4.69, 9.17) is 5.26 Å². The molecule has 0 fully saturated rings. The van der Waals surface area contributed by atoms with Gasteiger partial charge in [0.05, 0.1) is 6.07 Å². The Hall–Kier alpha value is -1.08. The number of allylic oxidation sites excluding steroid dienone is 4. The molecule has 0 bridgehead atoms. The number of nitrogens with zero attached hydrogens (tertiary/aromatic N) is 1. The summed E-state index contributed by atoms with van der Waals surface area (Å²) in [6, 6.07) is 1.63. The SMILES string of the molecule is CC(C)=C/C=C(\C)S(=O)(=O)CC#N. The van der Waals surface area contributed by atoms with E-state index in [1.807, 2.05) is 13.8 Å². The van der Waals surface area contributed by atoms with Crippen molar-refractivity contribution >= 4 is 9.84 Å². The van der Waals surface area contributed by atoms with Gasteiger partial charge in [-0.05, 0) is 26.8 Å². The molecule has 72 valence electrons. The van der Waals surface area contributed by atoms with Gasteiger partial charge in [-0.25, -0.2) is 8.42 Å². The molecule has 0 radical (unpaired) electrons. The third-order valence-electron chi connectivity index (χ3n) is 1.40. The van der Waals surface area contributed by atoms with Crippen LogP contribution in [0.2, 0.25) is 0 Å². The third-order valence-corrected chi connectivity index (χ3v) is 3.02. The van der Waals surface area contributed by atoms with E-state index in [9.17, 15) is 8.42 Å². The molecule has 0 heterocycles. The quantitative estimate of drug-likeness (QED) is 0.651. The Bertz CT molecular complexity index is 365. The second-order valence-electron chi connectivity index (χ2n) is 2.94. The zero-order valence-corrected chi connectivity index (χ0v) is 8.85. The lowest BCUT2D eigenvalue weighted by Crippen LogP contribution is -2.04. The van der Waals surface area contributed by atoms with Crippen molar-refractivity contribution in [2.45, 2.75) is 20.8 Å². The van der Waals surface area contributed by atoms with Crippen molar-refractivity contribution in [1.29, 1.82) is 5.26 Å². The fourth-order valence-corrected chi connectivity index (χ4v) is 1.26. The molecular formula is C9H13NO2S. The molecule has 0 aliphatic carbocycles. The Kier molecular flexibility index (Phi) is 4.43. The predicted octanol–water partition coefficient (Wildman–Crippen LogP) is 1.79. The second-order valence-corrected chi connectivity index (χ2v) is 5.10. The lowest BCUT2D eigenvalue weighted by molar-refractivity contribution is 0.605. The zero-order chi connectivity index (χ0) is 10.5. The van der Waals surface area contributed by atoms with Gasteiger partial charge in [0.25, 0.3) is 0 Å². The number of hydrogen-bond donors (Lipinski definition) is 0. The van der Waals surface area contributed by atoms with Crippen LogP contribution in [0.25, 0.3) is 0 Å². The highest BCUT2D eigenvalue weighted by Crippen LogP contribution is 2.06. The minimum absolute atomic E-state index is 0.232. The average Bonchev–Trinajstić information content (AvgIpc) is 1.99. The van der Waals surface area contributed by atoms with E-state index in [-0.39, 0.29) is 4.91 Å². The first-order valence-electron chi connectivity index (χ1n) is 3.81. The van der Waals surface area contributed by atoms with Crippen molar-refractivity contribution in [2.75, 3.05) is 5.75 Å². The highest BCUT2D eigenvalue weighted by atomic mass is 32.2. The fraction of sp³-hybridized carbons (Fsp3) is 0.444. The molecule has 0 atom stereocenters. The number of sulfone groups is 1. The van der Waals surface area contributed by atoms with Gasteiger partial charge in [-0.1, -0.05) is 11.6 Å². The summed E-state index contributed by atoms with van der Waals surface area (Å²) >= 11 is 0. The van der Waals surface area contributed by atoms with Crippen molar-refractivity contribution in [3.63, 3.8) is 0 Å². The summed E-state index contributed by atoms with van der Waals surface area (Å²) in [6.45, 7) is 5.24. The van der Waals surface area contributed by atoms with E-state index in [2.05, 4.69) is 0 Å². The van der Waals surface area contributed by atoms with Crippen molar-refractivity contribution in [1.82, 2.24) is 0 Å². The Labute approximate surface area is 79.3 Å². The molecule has 0 amide bonds. The molecule has 0 aliphatic rings. The van der Waals surface area contributed by atoms with Crippen LogP contribution in [0.4, 0.5) is 0 Å². The highest BCUT2D eigenvalue weighted by Gasteiger charge is 2.11. The summed E-state index contributed by atoms with van der Waals surface area (Å²) < 4.78 is 22.4. The van der Waals surface area contributed by atoms with Gasteiger partial charge in [-0.15, -0.1) is 0 Å². The van der Waals surface area contributed by atoms with E-state index < -0.39 is 15.6 Å². The van der Waals surface area contributed by atoms with Crippen LogP contribution in [0.5, 0.6) is 0 Å². The first-order valence-corrected chi connectivity index (χ1v) is 5.47. The van der Waals surface area contributed by atoms with E-state index in [1.54, 1.807) is 12.1 Å². The number of hydrogen-bond acceptors (Lipinski definition) is 3. The first kappa shape index (κ1) is 11.9. The summed E-state index contributed by atoms with van der Waals surface area (Å²) in [6.07, 6.45) is 3.23. The average molecular weight is 199 g/mol. The number of rotatable bonds is 3. The Balaban J connectivity index is 4.82. The second kappa shape index (κ2) is 4.83. The van der Waals surface area contributed by atoms with E-state index in [0.29, 0.717) is 0 Å². The maximum atomic E-state index is 11.2. The van der Waals surface area contributed by atoms with Gasteiger partial charge in [-0.2, -0.15) is 5.26 Å². The zero-order valence-electron chi connectivity index (χ0n) is 8.03. The van der Waals surface area contributed by atoms with Crippen LogP contribution in [0.3, 0.4) is 0 Å². The summed E-state index contributed by atoms with van der Waals surface area (Å²) in [5.41, 5.74) is 1.02. The summed E-state index contributed by atoms with van der Waals surface area (Å²) in [5.74, 6) is -0.452. The van der Waals surface area contributed by atoms with Crippen molar-refractivity contribution in [3.05, 3.63) is 22.6 Å². The molecule has 0 aromatic rings. The first-order chi connectivity index (χ1) is 5.90. The molecule has 0 rings (SSSR count). The summed E-state index contributed by atoms with van der Waals surface area (Å²) in [5, 5.41) is 8.26. The normalized spacial score (nSPS) is 12.0. The maximum absolute atomic E-state index is 11.2. The van der Waals surface area contributed by atoms with E-state index in [0.717, 1.165) is 5.57 Å². The molecule has 0 aromatic carbocycles. The number of nitriles is 1. The van der Waals surface area contributed by atoms with Gasteiger partial charge < -0.3 is 0 Å². The Morgan fingerprint density at radius 2 is 1.85 bits per heavy atom. The molecule has 0 saturated carbocycles. The van der Waals surface area contributed by atoms with Crippen molar-refractivity contribution in [3.8, 4) is 6.07 Å². The standard InChI is InChI=1S/C9H13NO2S/c1-8(2)4-5-9(3)13(11,12)7-6-10/h4-5H,7H2,1-3H3/b9-5+. The molecule has 0 aromatic heterocycles. The smallest absolute Gasteiger partial charge is 0.187 e. The lowest BCUT2D eigenvalue weighted by Gasteiger charge is -1.97. The molecule has 13 heavy (non-hydrogen) atoms. The fourth-order valence-electron chi connectivity index (χ4n) is 0.587. The molecule has 0 aliphatic heterocycles. The molecule has 3 nitrogen and oxygen atoms in total. The van der Waals surface area contributed by atoms with Crippen LogP contribution in [0, 0.1) is 11.3 Å². The van der Waals surface area contributed by atoms with Gasteiger partial charge in [0.1, 0.15) is 5.75 Å². The molecular weight excluding hydrogens is 186 g/mol. The topological polar surface area (TPSA) is 57.9 Å². The van der Waals surface area contributed by atoms with Crippen LogP contribution >= 0.6 is 0 Å². The van der Waals surface area contributed by atoms with Gasteiger partial charge >= 0.3 is 0 Å². The Morgan fingerprint density at radius 3 is 2.23 bits per heavy atom. The minimum Gasteiger partial charge on any atom is -0.223 e. The van der Waals surface area contributed by atoms with E-state index in [1.165, 1.54) is 13.0 Å². The van der Waals surface area contributed by atoms with Gasteiger partial charge in [0.2, 0.25) is 0 Å². The minimum atomic E-state index is -3.35. The largest absolute Gasteiger partial charge is 0.223 e. The van der Waals surface area contributed by atoms with Gasteiger partial charge in [-0.3, -0.25) is 0 Å². The van der Waals surface area contributed by atoms with E-state index >= 15 is 0 Å². The van der Waals surface area contributed by atoms with Gasteiger partial charge in [0.15, 0.2) is 9.84 Å².